The lowest BCUT2D eigenvalue weighted by Gasteiger charge is -2.69. The second-order valence-corrected chi connectivity index (χ2v) is 21.4. The van der Waals surface area contributed by atoms with E-state index in [0.29, 0.717) is 48.4 Å². The lowest BCUT2D eigenvalue weighted by molar-refractivity contribution is -0.247. The predicted molar refractivity (Wildman–Crippen MR) is 244 cm³/mol. The number of anilines is 2. The number of ether oxygens (including phenoxy) is 3. The molecule has 5 aliphatic rings. The van der Waals surface area contributed by atoms with Crippen LogP contribution in [0.1, 0.15) is 111 Å². The van der Waals surface area contributed by atoms with Gasteiger partial charge < -0.3 is 24.4 Å². The number of fused-ring (bicyclic) bond motifs is 2. The van der Waals surface area contributed by atoms with Crippen LogP contribution in [0.4, 0.5) is 10.9 Å². The Hall–Kier alpha value is -4.69. The first-order chi connectivity index (χ1) is 29.6. The van der Waals surface area contributed by atoms with Crippen molar-refractivity contribution in [2.75, 3.05) is 50.2 Å². The van der Waals surface area contributed by atoms with Crippen molar-refractivity contribution in [2.24, 2.45) is 16.2 Å². The summed E-state index contributed by atoms with van der Waals surface area (Å²) >= 11 is 1.46. The van der Waals surface area contributed by atoms with E-state index < -0.39 is 11.6 Å². The van der Waals surface area contributed by atoms with Gasteiger partial charge in [0.05, 0.1) is 35.2 Å². The van der Waals surface area contributed by atoms with E-state index in [2.05, 4.69) is 52.0 Å². The van der Waals surface area contributed by atoms with Gasteiger partial charge in [0, 0.05) is 62.2 Å². The van der Waals surface area contributed by atoms with Crippen molar-refractivity contribution in [3.05, 3.63) is 88.9 Å². The zero-order chi connectivity index (χ0) is 43.5. The van der Waals surface area contributed by atoms with Gasteiger partial charge in [-0.15, -0.1) is 0 Å². The normalized spacial score (nSPS) is 25.3. The number of methoxy groups -OCH3 is 1. The van der Waals surface area contributed by atoms with Crippen molar-refractivity contribution in [1.29, 1.82) is 0 Å². The van der Waals surface area contributed by atoms with E-state index in [1.807, 2.05) is 75.5 Å². The Labute approximate surface area is 369 Å². The molecule has 13 heteroatoms. The molecule has 5 aromatic rings. The largest absolute Gasteiger partial charge is 0.455 e. The summed E-state index contributed by atoms with van der Waals surface area (Å²) in [6, 6.07) is 17.7. The van der Waals surface area contributed by atoms with Gasteiger partial charge in [0.25, 0.3) is 5.91 Å². The summed E-state index contributed by atoms with van der Waals surface area (Å²) in [6.07, 6.45) is 9.43. The minimum Gasteiger partial charge on any atom is -0.455 e. The molecule has 1 amide bonds. The van der Waals surface area contributed by atoms with Crippen molar-refractivity contribution in [1.82, 2.24) is 25.1 Å². The molecule has 4 saturated carbocycles. The fraction of sp³-hybridized carbons (Fsp3) is 0.531. The molecule has 12 nitrogen and oxygen atoms in total. The van der Waals surface area contributed by atoms with Crippen LogP contribution in [0.3, 0.4) is 0 Å². The Kier molecular flexibility index (Phi) is 11.1. The third-order valence-electron chi connectivity index (χ3n) is 13.5. The van der Waals surface area contributed by atoms with Crippen molar-refractivity contribution < 1.29 is 23.8 Å². The maximum absolute atomic E-state index is 14.1. The van der Waals surface area contributed by atoms with Crippen LogP contribution in [0.5, 0.6) is 0 Å². The molecular weight excluding hydrogens is 799 g/mol. The predicted octanol–water partition coefficient (Wildman–Crippen LogP) is 9.01. The first kappa shape index (κ1) is 42.6. The van der Waals surface area contributed by atoms with E-state index in [0.717, 1.165) is 90.8 Å². The molecule has 328 valence electrons. The molecule has 4 heterocycles. The maximum atomic E-state index is 14.1. The summed E-state index contributed by atoms with van der Waals surface area (Å²) in [5.41, 5.74) is 6.00. The molecule has 4 aliphatic carbocycles. The van der Waals surface area contributed by atoms with Crippen LogP contribution in [0, 0.1) is 23.2 Å². The Morgan fingerprint density at radius 3 is 2.42 bits per heavy atom. The molecule has 3 aromatic heterocycles. The number of benzene rings is 2. The Bertz CT molecular complexity index is 2450. The van der Waals surface area contributed by atoms with Crippen LogP contribution < -0.4 is 15.5 Å². The quantitative estimate of drug-likeness (QED) is 0.0824. The van der Waals surface area contributed by atoms with Gasteiger partial charge in [-0.3, -0.25) is 14.8 Å². The molecule has 2 aromatic carbocycles. The van der Waals surface area contributed by atoms with E-state index >= 15 is 0 Å². The highest BCUT2D eigenvalue weighted by Gasteiger charge is 2.66. The lowest BCUT2D eigenvalue weighted by atomic mass is 9.39. The number of aromatic nitrogens is 4. The third-order valence-corrected chi connectivity index (χ3v) is 14.5. The number of hydrogen-bond acceptors (Lipinski definition) is 11. The minimum absolute atomic E-state index is 0.0561. The Morgan fingerprint density at radius 1 is 0.887 bits per heavy atom. The van der Waals surface area contributed by atoms with E-state index in [9.17, 15) is 9.59 Å². The smallest absolute Gasteiger partial charge is 0.358 e. The maximum Gasteiger partial charge on any atom is 0.358 e. The SMILES string of the molecule is COCCNCCOC12CC3(Cn4ncc(-c5ccc(N6CCc7cccc(C(=O)Nc8nc9ccccc9s8)c7C6)nc5C(=O)OC(C)(C)C)c4C)C[C@](C)(C1)C[C@](C)(C3)C2. The number of rotatable bonds is 14. The van der Waals surface area contributed by atoms with Crippen molar-refractivity contribution in [3.63, 3.8) is 0 Å². The van der Waals surface area contributed by atoms with E-state index in [4.69, 9.17) is 24.3 Å². The van der Waals surface area contributed by atoms with Gasteiger partial charge in [-0.1, -0.05) is 49.4 Å². The van der Waals surface area contributed by atoms with Crippen LogP contribution >= 0.6 is 11.3 Å². The lowest BCUT2D eigenvalue weighted by Crippen LogP contribution is -2.64. The van der Waals surface area contributed by atoms with Crippen molar-refractivity contribution in [2.45, 2.75) is 111 Å². The molecule has 0 spiro atoms. The minimum atomic E-state index is -0.719. The van der Waals surface area contributed by atoms with Gasteiger partial charge in [-0.25, -0.2) is 14.8 Å². The highest BCUT2D eigenvalue weighted by Crippen LogP contribution is 2.72. The molecule has 1 aliphatic heterocycles. The number of esters is 1. The standard InChI is InChI=1S/C49H61N7O5S/c1-32-36(23-51-56(32)31-48-26-46(5)25-47(6,27-48)29-49(28-46,30-48)60-22-19-50-18-21-59-7)34-15-16-40(53-41(34)43(58)61-45(2,3)4)55-20-17-33-11-10-12-35(37(33)24-55)42(57)54-44-52-38-13-8-9-14-39(38)62-44/h8-16,23,50H,17-22,24-31H2,1-7H3,(H,52,54,57)/t46-,47-,48?,49?/m1/s1. The van der Waals surface area contributed by atoms with Gasteiger partial charge in [-0.2, -0.15) is 5.10 Å². The Morgan fingerprint density at radius 2 is 1.66 bits per heavy atom. The number of nitrogens with one attached hydrogen (secondary N) is 2. The van der Waals surface area contributed by atoms with E-state index in [1.165, 1.54) is 17.8 Å². The summed E-state index contributed by atoms with van der Waals surface area (Å²) in [6.45, 7) is 17.7. The summed E-state index contributed by atoms with van der Waals surface area (Å²) in [5, 5.41) is 12.1. The average Bonchev–Trinajstić information content (AvgIpc) is 3.77. The number of carbonyl (C=O) groups excluding carboxylic acids is 2. The fourth-order valence-corrected chi connectivity index (χ4v) is 13.2. The Balaban J connectivity index is 0.978. The summed E-state index contributed by atoms with van der Waals surface area (Å²) in [5.74, 6) is -0.0213. The topological polar surface area (TPSA) is 133 Å². The molecule has 0 unspecified atom stereocenters. The number of carbonyl (C=O) groups is 2. The number of thiazole rings is 1. The van der Waals surface area contributed by atoms with Crippen LogP contribution in [0.25, 0.3) is 21.3 Å². The number of para-hydroxylation sites is 1. The van der Waals surface area contributed by atoms with Crippen LogP contribution in [0.15, 0.2) is 60.8 Å². The highest BCUT2D eigenvalue weighted by atomic mass is 32.1. The van der Waals surface area contributed by atoms with E-state index in [-0.39, 0.29) is 33.4 Å². The van der Waals surface area contributed by atoms with Crippen LogP contribution in [-0.2, 0) is 33.7 Å². The zero-order valence-corrected chi connectivity index (χ0v) is 38.2. The van der Waals surface area contributed by atoms with Gasteiger partial charge >= 0.3 is 5.97 Å². The van der Waals surface area contributed by atoms with Crippen LogP contribution in [0.2, 0.25) is 0 Å². The first-order valence-electron chi connectivity index (χ1n) is 22.2. The number of amides is 1. The molecule has 4 bridgehead atoms. The molecular formula is C49H61N7O5S. The van der Waals surface area contributed by atoms with Gasteiger partial charge in [0.2, 0.25) is 0 Å². The zero-order valence-electron chi connectivity index (χ0n) is 37.4. The first-order valence-corrected chi connectivity index (χ1v) is 23.0. The van der Waals surface area contributed by atoms with Gasteiger partial charge in [0.1, 0.15) is 11.4 Å². The second kappa shape index (κ2) is 16.1. The summed E-state index contributed by atoms with van der Waals surface area (Å²) in [7, 11) is 1.73. The molecule has 10 rings (SSSR count). The van der Waals surface area contributed by atoms with Crippen molar-refractivity contribution in [3.8, 4) is 11.1 Å². The summed E-state index contributed by atoms with van der Waals surface area (Å²) in [4.78, 5) is 39.8. The third kappa shape index (κ3) is 8.53. The van der Waals surface area contributed by atoms with Crippen LogP contribution in [-0.4, -0.2) is 82.8 Å². The summed E-state index contributed by atoms with van der Waals surface area (Å²) < 4.78 is 21.3. The molecule has 4 fully saturated rings. The second-order valence-electron chi connectivity index (χ2n) is 20.4. The fourth-order valence-electron chi connectivity index (χ4n) is 12.4. The molecule has 2 atom stereocenters. The van der Waals surface area contributed by atoms with Gasteiger partial charge in [0.15, 0.2) is 10.8 Å². The molecule has 62 heavy (non-hydrogen) atoms. The molecule has 2 N–H and O–H groups in total. The average molecular weight is 860 g/mol. The highest BCUT2D eigenvalue weighted by molar-refractivity contribution is 7.22. The van der Waals surface area contributed by atoms with E-state index in [1.54, 1.807) is 7.11 Å². The van der Waals surface area contributed by atoms with Crippen molar-refractivity contribution >= 4 is 44.4 Å². The number of pyridine rings is 1. The van der Waals surface area contributed by atoms with Gasteiger partial charge in [-0.05, 0) is 130 Å². The monoisotopic (exact) mass is 859 g/mol. The molecule has 0 radical (unpaired) electrons. The number of nitrogens with zero attached hydrogens (tertiary/aromatic N) is 5. The number of hydrogen-bond donors (Lipinski definition) is 2. The molecule has 0 saturated heterocycles.